The molecule has 0 aliphatic carbocycles. The van der Waals surface area contributed by atoms with Crippen molar-refractivity contribution in [2.24, 2.45) is 5.73 Å². The smallest absolute Gasteiger partial charge is 0.344 e. The lowest BCUT2D eigenvalue weighted by Crippen LogP contribution is -2.63. The van der Waals surface area contributed by atoms with E-state index in [4.69, 9.17) is 19.9 Å². The Balaban J connectivity index is 1.84. The number of carbonyl (C=O) groups excluding carboxylic acids is 4. The lowest BCUT2D eigenvalue weighted by atomic mass is 9.94. The first-order valence-corrected chi connectivity index (χ1v) is 13.3. The Labute approximate surface area is 235 Å². The van der Waals surface area contributed by atoms with Crippen LogP contribution < -0.4 is 11.1 Å². The Morgan fingerprint density at radius 3 is 2.12 bits per heavy atom. The number of rotatable bonds is 10. The van der Waals surface area contributed by atoms with Crippen molar-refractivity contribution in [3.63, 3.8) is 0 Å². The molecule has 3 rings (SSSR count). The lowest BCUT2D eigenvalue weighted by molar-refractivity contribution is -0.182. The fourth-order valence-electron chi connectivity index (χ4n) is 4.62. The van der Waals surface area contributed by atoms with Gasteiger partial charge in [-0.2, -0.15) is 0 Å². The molecule has 40 heavy (non-hydrogen) atoms. The lowest BCUT2D eigenvalue weighted by Gasteiger charge is -2.36. The van der Waals surface area contributed by atoms with E-state index in [-0.39, 0.29) is 26.0 Å². The van der Waals surface area contributed by atoms with Gasteiger partial charge in [-0.3, -0.25) is 9.59 Å². The topological polar surface area (TPSA) is 137 Å². The zero-order chi connectivity index (χ0) is 29.5. The maximum Gasteiger partial charge on any atom is 0.344 e. The standard InChI is InChI=1S/C30H39N3O7/c1-20(32-25(34)24(31)16-21-12-8-6-9-13-21)26(35)33-18-23(39-19-22-14-10-7-11-15-22)17-30(33,27(36)38-5)28(37)40-29(2,3)4/h6-15,20,23-24H,16-19,31H2,1-5H3,(H,32,34)/t20-,23?,24-,30-/m0/s1. The van der Waals surface area contributed by atoms with Crippen LogP contribution in [0.25, 0.3) is 0 Å². The summed E-state index contributed by atoms with van der Waals surface area (Å²) in [5.74, 6) is -3.07. The van der Waals surface area contributed by atoms with E-state index in [1.807, 2.05) is 60.7 Å². The van der Waals surface area contributed by atoms with E-state index in [0.717, 1.165) is 23.1 Å². The van der Waals surface area contributed by atoms with E-state index in [1.54, 1.807) is 20.8 Å². The molecular formula is C30H39N3O7. The normalized spacial score (nSPS) is 20.4. The van der Waals surface area contributed by atoms with Gasteiger partial charge in [-0.1, -0.05) is 60.7 Å². The van der Waals surface area contributed by atoms with E-state index in [9.17, 15) is 19.2 Å². The van der Waals surface area contributed by atoms with Crippen LogP contribution in [0.15, 0.2) is 60.7 Å². The number of benzene rings is 2. The van der Waals surface area contributed by atoms with Crippen LogP contribution in [0.3, 0.4) is 0 Å². The Morgan fingerprint density at radius 2 is 1.57 bits per heavy atom. The van der Waals surface area contributed by atoms with Crippen LogP contribution in [0, 0.1) is 0 Å². The molecule has 0 saturated carbocycles. The number of ether oxygens (including phenoxy) is 3. The highest BCUT2D eigenvalue weighted by atomic mass is 16.6. The Bertz CT molecular complexity index is 1180. The van der Waals surface area contributed by atoms with Gasteiger partial charge < -0.3 is 30.2 Å². The van der Waals surface area contributed by atoms with E-state index < -0.39 is 53.1 Å². The fraction of sp³-hybridized carbons (Fsp3) is 0.467. The Hall–Kier alpha value is -3.76. The van der Waals surface area contributed by atoms with Gasteiger partial charge in [0, 0.05) is 13.0 Å². The van der Waals surface area contributed by atoms with Crippen LogP contribution >= 0.6 is 0 Å². The third-order valence-electron chi connectivity index (χ3n) is 6.59. The monoisotopic (exact) mass is 553 g/mol. The molecule has 2 aromatic rings. The summed E-state index contributed by atoms with van der Waals surface area (Å²) >= 11 is 0. The zero-order valence-electron chi connectivity index (χ0n) is 23.7. The number of esters is 2. The number of nitrogens with one attached hydrogen (secondary N) is 1. The quantitative estimate of drug-likeness (QED) is 0.337. The minimum atomic E-state index is -2.09. The van der Waals surface area contributed by atoms with Gasteiger partial charge in [0.1, 0.15) is 11.6 Å². The van der Waals surface area contributed by atoms with Crippen LogP contribution in [0.1, 0.15) is 45.2 Å². The molecule has 10 nitrogen and oxygen atoms in total. The van der Waals surface area contributed by atoms with Crippen molar-refractivity contribution in [1.82, 2.24) is 10.2 Å². The van der Waals surface area contributed by atoms with Crippen molar-refractivity contribution in [2.75, 3.05) is 13.7 Å². The first-order chi connectivity index (χ1) is 18.9. The highest BCUT2D eigenvalue weighted by Crippen LogP contribution is 2.36. The van der Waals surface area contributed by atoms with Gasteiger partial charge in [0.25, 0.3) is 0 Å². The third kappa shape index (κ3) is 7.45. The molecule has 1 aliphatic heterocycles. The average molecular weight is 554 g/mol. The molecule has 2 amide bonds. The molecule has 4 atom stereocenters. The minimum absolute atomic E-state index is 0.0870. The summed E-state index contributed by atoms with van der Waals surface area (Å²) in [6, 6.07) is 16.6. The summed E-state index contributed by atoms with van der Waals surface area (Å²) in [6.07, 6.45) is -0.572. The fourth-order valence-corrected chi connectivity index (χ4v) is 4.62. The molecule has 1 fully saturated rings. The highest BCUT2D eigenvalue weighted by Gasteiger charge is 2.62. The minimum Gasteiger partial charge on any atom is -0.467 e. The third-order valence-corrected chi connectivity index (χ3v) is 6.59. The molecule has 216 valence electrons. The largest absolute Gasteiger partial charge is 0.467 e. The number of likely N-dealkylation sites (tertiary alicyclic amines) is 1. The number of nitrogens with two attached hydrogens (primary N) is 1. The number of methoxy groups -OCH3 is 1. The van der Waals surface area contributed by atoms with E-state index in [0.29, 0.717) is 0 Å². The maximum absolute atomic E-state index is 13.8. The summed E-state index contributed by atoms with van der Waals surface area (Å²) in [6.45, 7) is 6.59. The first kappa shape index (κ1) is 30.8. The number of hydrogen-bond donors (Lipinski definition) is 2. The van der Waals surface area contributed by atoms with Gasteiger partial charge in [0.05, 0.1) is 25.9 Å². The van der Waals surface area contributed by atoms with Crippen molar-refractivity contribution in [1.29, 1.82) is 0 Å². The molecule has 1 heterocycles. The summed E-state index contributed by atoms with van der Waals surface area (Å²) < 4.78 is 16.7. The molecule has 10 heteroatoms. The van der Waals surface area contributed by atoms with Gasteiger partial charge in [-0.05, 0) is 45.2 Å². The molecule has 1 saturated heterocycles. The van der Waals surface area contributed by atoms with Crippen LogP contribution in [0.4, 0.5) is 0 Å². The van der Waals surface area contributed by atoms with Gasteiger partial charge in [0.2, 0.25) is 17.4 Å². The van der Waals surface area contributed by atoms with E-state index in [1.165, 1.54) is 6.92 Å². The molecule has 1 aliphatic rings. The van der Waals surface area contributed by atoms with Crippen LogP contribution in [-0.4, -0.2) is 71.6 Å². The second kappa shape index (κ2) is 13.1. The molecule has 3 N–H and O–H groups in total. The van der Waals surface area contributed by atoms with Gasteiger partial charge >= 0.3 is 11.9 Å². The summed E-state index contributed by atoms with van der Waals surface area (Å²) in [5.41, 5.74) is 4.83. The van der Waals surface area contributed by atoms with Crippen molar-refractivity contribution >= 4 is 23.8 Å². The van der Waals surface area contributed by atoms with E-state index in [2.05, 4.69) is 5.32 Å². The SMILES string of the molecule is COC(=O)[C@]1(C(=O)OC(C)(C)C)CC(OCc2ccccc2)CN1C(=O)[C@H](C)NC(=O)[C@@H](N)Cc1ccccc1. The second-order valence-electron chi connectivity index (χ2n) is 11.0. The molecule has 0 bridgehead atoms. The number of hydrogen-bond acceptors (Lipinski definition) is 8. The Kier molecular flexibility index (Phi) is 10.1. The maximum atomic E-state index is 13.8. The van der Waals surface area contributed by atoms with Crippen LogP contribution in [0.2, 0.25) is 0 Å². The molecule has 2 aromatic carbocycles. The molecule has 1 unspecified atom stereocenters. The number of amides is 2. The van der Waals surface area contributed by atoms with Crippen LogP contribution in [0.5, 0.6) is 0 Å². The first-order valence-electron chi connectivity index (χ1n) is 13.3. The predicted molar refractivity (Wildman–Crippen MR) is 148 cm³/mol. The number of carbonyl (C=O) groups is 4. The zero-order valence-corrected chi connectivity index (χ0v) is 23.7. The van der Waals surface area contributed by atoms with Gasteiger partial charge in [-0.25, -0.2) is 9.59 Å². The van der Waals surface area contributed by atoms with Gasteiger partial charge in [-0.15, -0.1) is 0 Å². The number of nitrogens with zero attached hydrogens (tertiary/aromatic N) is 1. The average Bonchev–Trinajstić information content (AvgIpc) is 3.32. The molecular weight excluding hydrogens is 514 g/mol. The summed E-state index contributed by atoms with van der Waals surface area (Å²) in [4.78, 5) is 54.6. The van der Waals surface area contributed by atoms with E-state index >= 15 is 0 Å². The Morgan fingerprint density at radius 1 is 1.00 bits per heavy atom. The predicted octanol–water partition coefficient (Wildman–Crippen LogP) is 2.13. The molecule has 0 aromatic heterocycles. The van der Waals surface area contributed by atoms with Crippen molar-refractivity contribution in [2.45, 2.75) is 76.5 Å². The van der Waals surface area contributed by atoms with Crippen molar-refractivity contribution < 1.29 is 33.4 Å². The van der Waals surface area contributed by atoms with Crippen molar-refractivity contribution in [3.8, 4) is 0 Å². The molecule has 0 radical (unpaired) electrons. The van der Waals surface area contributed by atoms with Crippen molar-refractivity contribution in [3.05, 3.63) is 71.8 Å². The summed E-state index contributed by atoms with van der Waals surface area (Å²) in [7, 11) is 1.14. The van der Waals surface area contributed by atoms with Gasteiger partial charge in [0.15, 0.2) is 0 Å². The summed E-state index contributed by atoms with van der Waals surface area (Å²) in [5, 5.41) is 2.63. The highest BCUT2D eigenvalue weighted by molar-refractivity contribution is 6.09. The van der Waals surface area contributed by atoms with Crippen LogP contribution in [-0.2, 0) is 46.4 Å². The molecule has 0 spiro atoms. The second-order valence-corrected chi connectivity index (χ2v) is 11.0.